The number of rotatable bonds is 4. The highest BCUT2D eigenvalue weighted by Crippen LogP contribution is 2.25. The standard InChI is InChI=1S/C20H21NO2/c1-14-6-10-19(23-2)17(12-14)8-11-20(22)21-18-9-7-15-4-3-5-16(15)13-18/h6-13H,3-5H2,1-2H3,(H,21,22)/b11-8+. The molecule has 0 spiro atoms. The maximum Gasteiger partial charge on any atom is 0.248 e. The molecule has 0 radical (unpaired) electrons. The predicted octanol–water partition coefficient (Wildman–Crippen LogP) is 4.14. The maximum absolute atomic E-state index is 12.1. The largest absolute Gasteiger partial charge is 0.496 e. The number of fused-ring (bicyclic) bond motifs is 1. The summed E-state index contributed by atoms with van der Waals surface area (Å²) in [6.45, 7) is 2.02. The zero-order valence-corrected chi connectivity index (χ0v) is 13.6. The molecule has 0 fully saturated rings. The highest BCUT2D eigenvalue weighted by atomic mass is 16.5. The zero-order chi connectivity index (χ0) is 16.2. The van der Waals surface area contributed by atoms with E-state index >= 15 is 0 Å². The van der Waals surface area contributed by atoms with E-state index < -0.39 is 0 Å². The first-order valence-corrected chi connectivity index (χ1v) is 7.91. The third-order valence-corrected chi connectivity index (χ3v) is 4.17. The summed E-state index contributed by atoms with van der Waals surface area (Å²) in [5, 5.41) is 2.93. The van der Waals surface area contributed by atoms with Crippen molar-refractivity contribution in [3.8, 4) is 5.75 Å². The van der Waals surface area contributed by atoms with Crippen molar-refractivity contribution in [3.63, 3.8) is 0 Å². The van der Waals surface area contributed by atoms with E-state index in [9.17, 15) is 4.79 Å². The number of carbonyl (C=O) groups excluding carboxylic acids is 1. The van der Waals surface area contributed by atoms with Crippen molar-refractivity contribution < 1.29 is 9.53 Å². The second-order valence-electron chi connectivity index (χ2n) is 5.91. The SMILES string of the molecule is COc1ccc(C)cc1/C=C/C(=O)Nc1ccc2c(c1)CCC2. The lowest BCUT2D eigenvalue weighted by Crippen LogP contribution is -2.08. The Kier molecular flexibility index (Phi) is 4.47. The van der Waals surface area contributed by atoms with Crippen LogP contribution in [0.4, 0.5) is 5.69 Å². The summed E-state index contributed by atoms with van der Waals surface area (Å²) in [4.78, 5) is 12.1. The first kappa shape index (κ1) is 15.3. The monoisotopic (exact) mass is 307 g/mol. The summed E-state index contributed by atoms with van der Waals surface area (Å²) in [5.74, 6) is 0.628. The Bertz CT molecular complexity index is 762. The molecule has 0 saturated heterocycles. The van der Waals surface area contributed by atoms with Gasteiger partial charge in [0, 0.05) is 17.3 Å². The van der Waals surface area contributed by atoms with Gasteiger partial charge in [0.2, 0.25) is 5.91 Å². The summed E-state index contributed by atoms with van der Waals surface area (Å²) >= 11 is 0. The summed E-state index contributed by atoms with van der Waals surface area (Å²) < 4.78 is 5.32. The molecule has 0 saturated carbocycles. The van der Waals surface area contributed by atoms with Crippen LogP contribution in [-0.4, -0.2) is 13.0 Å². The van der Waals surface area contributed by atoms with Crippen molar-refractivity contribution in [1.82, 2.24) is 0 Å². The van der Waals surface area contributed by atoms with Gasteiger partial charge in [-0.1, -0.05) is 17.7 Å². The smallest absolute Gasteiger partial charge is 0.248 e. The van der Waals surface area contributed by atoms with Crippen LogP contribution in [0.2, 0.25) is 0 Å². The van der Waals surface area contributed by atoms with E-state index in [1.807, 2.05) is 31.2 Å². The molecule has 0 atom stereocenters. The molecule has 1 N–H and O–H groups in total. The Labute approximate surface area is 137 Å². The molecule has 2 aromatic carbocycles. The molecule has 2 aromatic rings. The molecule has 1 aliphatic rings. The molecular formula is C20H21NO2. The molecule has 0 aliphatic heterocycles. The molecule has 1 aliphatic carbocycles. The van der Waals surface area contributed by atoms with Crippen molar-refractivity contribution in [1.29, 1.82) is 0 Å². The van der Waals surface area contributed by atoms with Gasteiger partial charge >= 0.3 is 0 Å². The Hall–Kier alpha value is -2.55. The van der Waals surface area contributed by atoms with Crippen molar-refractivity contribution >= 4 is 17.7 Å². The fraction of sp³-hybridized carbons (Fsp3) is 0.250. The quantitative estimate of drug-likeness (QED) is 0.862. The summed E-state index contributed by atoms with van der Waals surface area (Å²) in [7, 11) is 1.63. The second-order valence-corrected chi connectivity index (χ2v) is 5.91. The Morgan fingerprint density at radius 2 is 1.96 bits per heavy atom. The number of aryl methyl sites for hydroxylation is 3. The van der Waals surface area contributed by atoms with Gasteiger partial charge in [0.25, 0.3) is 0 Å². The molecule has 3 rings (SSSR count). The van der Waals surface area contributed by atoms with Gasteiger partial charge in [0.1, 0.15) is 5.75 Å². The van der Waals surface area contributed by atoms with Gasteiger partial charge in [-0.05, 0) is 67.7 Å². The fourth-order valence-electron chi connectivity index (χ4n) is 2.98. The lowest BCUT2D eigenvalue weighted by molar-refractivity contribution is -0.111. The predicted molar refractivity (Wildman–Crippen MR) is 93.9 cm³/mol. The van der Waals surface area contributed by atoms with E-state index in [1.54, 1.807) is 19.3 Å². The maximum atomic E-state index is 12.1. The minimum absolute atomic E-state index is 0.133. The lowest BCUT2D eigenvalue weighted by atomic mass is 10.1. The molecule has 3 nitrogen and oxygen atoms in total. The van der Waals surface area contributed by atoms with Crippen molar-refractivity contribution in [3.05, 3.63) is 64.7 Å². The van der Waals surface area contributed by atoms with Crippen LogP contribution in [0.15, 0.2) is 42.5 Å². The number of amides is 1. The van der Waals surface area contributed by atoms with Crippen molar-refractivity contribution in [2.24, 2.45) is 0 Å². The van der Waals surface area contributed by atoms with Crippen LogP contribution >= 0.6 is 0 Å². The minimum Gasteiger partial charge on any atom is -0.496 e. The Balaban J connectivity index is 1.71. The molecule has 3 heteroatoms. The third kappa shape index (κ3) is 3.62. The summed E-state index contributed by atoms with van der Waals surface area (Å²) in [6, 6.07) is 12.1. The molecule has 0 bridgehead atoms. The van der Waals surface area contributed by atoms with Gasteiger partial charge in [0.15, 0.2) is 0 Å². The average molecular weight is 307 g/mol. The Morgan fingerprint density at radius 3 is 2.78 bits per heavy atom. The van der Waals surface area contributed by atoms with E-state index in [2.05, 4.69) is 17.4 Å². The molecule has 0 heterocycles. The van der Waals surface area contributed by atoms with E-state index in [0.29, 0.717) is 0 Å². The number of benzene rings is 2. The van der Waals surface area contributed by atoms with Crippen LogP contribution in [0, 0.1) is 6.92 Å². The normalized spacial score (nSPS) is 13.1. The summed E-state index contributed by atoms with van der Waals surface area (Å²) in [6.07, 6.45) is 6.80. The molecular weight excluding hydrogens is 286 g/mol. The van der Waals surface area contributed by atoms with Crippen LogP contribution in [0.1, 0.15) is 28.7 Å². The first-order chi connectivity index (χ1) is 11.2. The molecule has 23 heavy (non-hydrogen) atoms. The highest BCUT2D eigenvalue weighted by molar-refractivity contribution is 6.02. The van der Waals surface area contributed by atoms with Crippen LogP contribution in [0.3, 0.4) is 0 Å². The number of ether oxygens (including phenoxy) is 1. The lowest BCUT2D eigenvalue weighted by Gasteiger charge is -2.07. The van der Waals surface area contributed by atoms with Gasteiger partial charge in [-0.25, -0.2) is 0 Å². The minimum atomic E-state index is -0.133. The van der Waals surface area contributed by atoms with E-state index in [1.165, 1.54) is 17.5 Å². The van der Waals surface area contributed by atoms with Crippen LogP contribution in [0.25, 0.3) is 6.08 Å². The van der Waals surface area contributed by atoms with Crippen molar-refractivity contribution in [2.75, 3.05) is 12.4 Å². The van der Waals surface area contributed by atoms with Gasteiger partial charge < -0.3 is 10.1 Å². The second kappa shape index (κ2) is 6.69. The third-order valence-electron chi connectivity index (χ3n) is 4.17. The van der Waals surface area contributed by atoms with Crippen LogP contribution < -0.4 is 10.1 Å². The summed E-state index contributed by atoms with van der Waals surface area (Å²) in [5.41, 5.74) is 5.65. The fourth-order valence-corrected chi connectivity index (χ4v) is 2.98. The molecule has 0 unspecified atom stereocenters. The van der Waals surface area contributed by atoms with Gasteiger partial charge in [-0.15, -0.1) is 0 Å². The topological polar surface area (TPSA) is 38.3 Å². The number of nitrogens with one attached hydrogen (secondary N) is 1. The van der Waals surface area contributed by atoms with E-state index in [-0.39, 0.29) is 5.91 Å². The molecule has 1 amide bonds. The van der Waals surface area contributed by atoms with Gasteiger partial charge in [-0.2, -0.15) is 0 Å². The number of anilines is 1. The number of carbonyl (C=O) groups is 1. The zero-order valence-electron chi connectivity index (χ0n) is 13.6. The van der Waals surface area contributed by atoms with Crippen molar-refractivity contribution in [2.45, 2.75) is 26.2 Å². The van der Waals surface area contributed by atoms with E-state index in [0.717, 1.165) is 35.4 Å². The Morgan fingerprint density at radius 1 is 1.13 bits per heavy atom. The van der Waals surface area contributed by atoms with Crippen LogP contribution in [-0.2, 0) is 17.6 Å². The van der Waals surface area contributed by atoms with Gasteiger partial charge in [0.05, 0.1) is 7.11 Å². The first-order valence-electron chi connectivity index (χ1n) is 7.91. The molecule has 0 aromatic heterocycles. The number of hydrogen-bond acceptors (Lipinski definition) is 2. The van der Waals surface area contributed by atoms with Gasteiger partial charge in [-0.3, -0.25) is 4.79 Å². The molecule has 118 valence electrons. The van der Waals surface area contributed by atoms with E-state index in [4.69, 9.17) is 4.74 Å². The highest BCUT2D eigenvalue weighted by Gasteiger charge is 2.11. The number of hydrogen-bond donors (Lipinski definition) is 1. The van der Waals surface area contributed by atoms with Crippen LogP contribution in [0.5, 0.6) is 5.75 Å². The average Bonchev–Trinajstić information content (AvgIpc) is 3.00. The number of methoxy groups -OCH3 is 1.